The molecule has 1 aliphatic heterocycles. The minimum absolute atomic E-state index is 0.00573. The smallest absolute Gasteiger partial charge is 0.232 e. The first-order valence-corrected chi connectivity index (χ1v) is 6.64. The molecule has 102 valence electrons. The van der Waals surface area contributed by atoms with Gasteiger partial charge in [-0.25, -0.2) is 0 Å². The van der Waals surface area contributed by atoms with Crippen molar-refractivity contribution in [1.29, 1.82) is 0 Å². The van der Waals surface area contributed by atoms with E-state index in [2.05, 4.69) is 36.2 Å². The first-order valence-electron chi connectivity index (χ1n) is 6.64. The lowest BCUT2D eigenvalue weighted by Gasteiger charge is -2.30. The first-order chi connectivity index (χ1) is 8.57. The summed E-state index contributed by atoms with van der Waals surface area (Å²) in [5.74, 6) is 1.75. The molecular formula is C13H23N3O2. The summed E-state index contributed by atoms with van der Waals surface area (Å²) < 4.78 is 10.9. The fraction of sp³-hybridized carbons (Fsp3) is 0.846. The van der Waals surface area contributed by atoms with Crippen LogP contribution in [0.25, 0.3) is 0 Å². The van der Waals surface area contributed by atoms with E-state index in [1.807, 2.05) is 0 Å². The van der Waals surface area contributed by atoms with Gasteiger partial charge in [0.05, 0.1) is 0 Å². The summed E-state index contributed by atoms with van der Waals surface area (Å²) in [5.41, 5.74) is 0.00573. The zero-order chi connectivity index (χ0) is 13.2. The van der Waals surface area contributed by atoms with Crippen molar-refractivity contribution in [2.24, 2.45) is 5.92 Å². The summed E-state index contributed by atoms with van der Waals surface area (Å²) >= 11 is 0. The third-order valence-corrected chi connectivity index (χ3v) is 3.78. The number of methoxy groups -OCH3 is 1. The number of ether oxygens (including phenoxy) is 1. The van der Waals surface area contributed by atoms with Gasteiger partial charge in [0, 0.05) is 12.5 Å². The van der Waals surface area contributed by atoms with Crippen LogP contribution in [0, 0.1) is 5.92 Å². The second kappa shape index (κ2) is 5.36. The highest BCUT2D eigenvalue weighted by Crippen LogP contribution is 2.33. The molecule has 0 amide bonds. The monoisotopic (exact) mass is 253 g/mol. The average molecular weight is 253 g/mol. The molecule has 0 spiro atoms. The van der Waals surface area contributed by atoms with Crippen LogP contribution < -0.4 is 5.32 Å². The highest BCUT2D eigenvalue weighted by Gasteiger charge is 2.35. The number of nitrogens with zero attached hydrogens (tertiary/aromatic N) is 2. The largest absolute Gasteiger partial charge is 0.373 e. The molecule has 0 aromatic carbocycles. The van der Waals surface area contributed by atoms with Crippen molar-refractivity contribution < 1.29 is 9.26 Å². The third kappa shape index (κ3) is 2.57. The average Bonchev–Trinajstić information content (AvgIpc) is 2.80. The lowest BCUT2D eigenvalue weighted by Crippen LogP contribution is -2.37. The summed E-state index contributed by atoms with van der Waals surface area (Å²) in [6.45, 7) is 8.40. The number of nitrogens with one attached hydrogen (secondary N) is 1. The fourth-order valence-corrected chi connectivity index (χ4v) is 2.46. The second-order valence-electron chi connectivity index (χ2n) is 5.67. The molecule has 2 rings (SSSR count). The predicted molar refractivity (Wildman–Crippen MR) is 68.3 cm³/mol. The molecule has 0 bridgehead atoms. The zero-order valence-corrected chi connectivity index (χ0v) is 11.7. The third-order valence-electron chi connectivity index (χ3n) is 3.78. The molecule has 0 saturated carbocycles. The van der Waals surface area contributed by atoms with Crippen molar-refractivity contribution in [3.8, 4) is 0 Å². The Morgan fingerprint density at radius 1 is 1.33 bits per heavy atom. The normalized spacial score (nSPS) is 21.2. The standard InChI is InChI=1S/C13H23N3O2/c1-9(2)10(17-4)11-15-12(18-16-11)13(3)5-7-14-8-6-13/h9-10,14H,5-8H2,1-4H3. The first kappa shape index (κ1) is 13.5. The van der Waals surface area contributed by atoms with Gasteiger partial charge in [0.25, 0.3) is 0 Å². The van der Waals surface area contributed by atoms with Gasteiger partial charge in [-0.05, 0) is 31.8 Å². The van der Waals surface area contributed by atoms with Crippen LogP contribution in [0.5, 0.6) is 0 Å². The van der Waals surface area contributed by atoms with Gasteiger partial charge in [0.1, 0.15) is 6.10 Å². The van der Waals surface area contributed by atoms with E-state index >= 15 is 0 Å². The molecule has 18 heavy (non-hydrogen) atoms. The van der Waals surface area contributed by atoms with Crippen molar-refractivity contribution in [3.05, 3.63) is 11.7 Å². The molecule has 5 heteroatoms. The molecule has 1 aromatic heterocycles. The Labute approximate surface area is 108 Å². The van der Waals surface area contributed by atoms with Crippen LogP contribution in [-0.2, 0) is 10.2 Å². The van der Waals surface area contributed by atoms with E-state index < -0.39 is 0 Å². The van der Waals surface area contributed by atoms with Gasteiger partial charge >= 0.3 is 0 Å². The Morgan fingerprint density at radius 3 is 2.56 bits per heavy atom. The van der Waals surface area contributed by atoms with Gasteiger partial charge in [-0.2, -0.15) is 4.98 Å². The number of piperidine rings is 1. The molecule has 1 atom stereocenters. The molecule has 0 aliphatic carbocycles. The maximum atomic E-state index is 5.47. The number of hydrogen-bond acceptors (Lipinski definition) is 5. The van der Waals surface area contributed by atoms with Gasteiger partial charge in [0.2, 0.25) is 11.7 Å². The molecule has 2 heterocycles. The van der Waals surface area contributed by atoms with Crippen molar-refractivity contribution in [1.82, 2.24) is 15.5 Å². The van der Waals surface area contributed by atoms with Crippen LogP contribution in [0.1, 0.15) is 51.4 Å². The molecule has 1 aromatic rings. The lowest BCUT2D eigenvalue weighted by molar-refractivity contribution is 0.0555. The summed E-state index contributed by atoms with van der Waals surface area (Å²) in [6, 6.07) is 0. The SMILES string of the molecule is COC(c1noc(C2(C)CCNCC2)n1)C(C)C. The summed E-state index contributed by atoms with van der Waals surface area (Å²) in [4.78, 5) is 4.57. The Balaban J connectivity index is 2.19. The van der Waals surface area contributed by atoms with Gasteiger partial charge in [-0.15, -0.1) is 0 Å². The fourth-order valence-electron chi connectivity index (χ4n) is 2.46. The Morgan fingerprint density at radius 2 is 2.00 bits per heavy atom. The predicted octanol–water partition coefficient (Wildman–Crippen LogP) is 2.05. The number of hydrogen-bond donors (Lipinski definition) is 1. The molecule has 1 aliphatic rings. The van der Waals surface area contributed by atoms with E-state index in [0.717, 1.165) is 31.8 Å². The Bertz CT molecular complexity index is 383. The second-order valence-corrected chi connectivity index (χ2v) is 5.67. The van der Waals surface area contributed by atoms with Gasteiger partial charge in [0.15, 0.2) is 0 Å². The van der Waals surface area contributed by atoms with Gasteiger partial charge in [-0.3, -0.25) is 0 Å². The van der Waals surface area contributed by atoms with Crippen LogP contribution in [0.4, 0.5) is 0 Å². The highest BCUT2D eigenvalue weighted by atomic mass is 16.5. The van der Waals surface area contributed by atoms with Crippen LogP contribution >= 0.6 is 0 Å². The van der Waals surface area contributed by atoms with E-state index in [9.17, 15) is 0 Å². The van der Waals surface area contributed by atoms with Crippen LogP contribution in [-0.4, -0.2) is 30.3 Å². The van der Waals surface area contributed by atoms with Crippen LogP contribution in [0.15, 0.2) is 4.52 Å². The maximum absolute atomic E-state index is 5.47. The van der Waals surface area contributed by atoms with E-state index in [-0.39, 0.29) is 11.5 Å². The topological polar surface area (TPSA) is 60.2 Å². The molecule has 1 saturated heterocycles. The lowest BCUT2D eigenvalue weighted by atomic mass is 9.81. The van der Waals surface area contributed by atoms with Crippen molar-refractivity contribution in [3.63, 3.8) is 0 Å². The van der Waals surface area contributed by atoms with E-state index in [1.165, 1.54) is 0 Å². The van der Waals surface area contributed by atoms with Gasteiger partial charge in [-0.1, -0.05) is 25.9 Å². The van der Waals surface area contributed by atoms with Crippen molar-refractivity contribution >= 4 is 0 Å². The van der Waals surface area contributed by atoms with E-state index in [1.54, 1.807) is 7.11 Å². The summed E-state index contributed by atoms with van der Waals surface area (Å²) in [6.07, 6.45) is 1.98. The quantitative estimate of drug-likeness (QED) is 0.890. The Hall–Kier alpha value is -0.940. The zero-order valence-electron chi connectivity index (χ0n) is 11.7. The summed E-state index contributed by atoms with van der Waals surface area (Å²) in [7, 11) is 1.69. The minimum atomic E-state index is -0.0900. The highest BCUT2D eigenvalue weighted by molar-refractivity contribution is 5.06. The number of aromatic nitrogens is 2. The van der Waals surface area contributed by atoms with Crippen LogP contribution in [0.2, 0.25) is 0 Å². The molecule has 0 radical (unpaired) electrons. The molecule has 1 N–H and O–H groups in total. The number of rotatable bonds is 4. The Kier molecular flexibility index (Phi) is 4.02. The molecular weight excluding hydrogens is 230 g/mol. The van der Waals surface area contributed by atoms with E-state index in [4.69, 9.17) is 9.26 Å². The van der Waals surface area contributed by atoms with Crippen molar-refractivity contribution in [2.45, 2.75) is 45.1 Å². The minimum Gasteiger partial charge on any atom is -0.373 e. The molecule has 5 nitrogen and oxygen atoms in total. The molecule has 1 unspecified atom stereocenters. The van der Waals surface area contributed by atoms with E-state index in [0.29, 0.717) is 11.7 Å². The van der Waals surface area contributed by atoms with Gasteiger partial charge < -0.3 is 14.6 Å². The maximum Gasteiger partial charge on any atom is 0.232 e. The molecule has 1 fully saturated rings. The van der Waals surface area contributed by atoms with Crippen LogP contribution in [0.3, 0.4) is 0 Å². The van der Waals surface area contributed by atoms with Crippen molar-refractivity contribution in [2.75, 3.05) is 20.2 Å². The summed E-state index contributed by atoms with van der Waals surface area (Å²) in [5, 5.41) is 7.45.